The molecule has 1 aromatic rings. The first kappa shape index (κ1) is 23.3. The van der Waals surface area contributed by atoms with E-state index in [1.54, 1.807) is 23.1 Å². The SMILES string of the molecule is CNS(=O)(=O)c1cccc([C@H](C)N2C(=O)[C@@H]3C[C@H]2CN3C[C@H](C)C(=O)N2C3C[C@H]3C[C@H]2C#N)c1. The molecule has 34 heavy (non-hydrogen) atoms. The van der Waals surface area contributed by atoms with Crippen molar-refractivity contribution in [3.05, 3.63) is 29.8 Å². The Morgan fingerprint density at radius 1 is 1.26 bits per heavy atom. The molecule has 1 saturated carbocycles. The summed E-state index contributed by atoms with van der Waals surface area (Å²) in [6, 6.07) is 8.45. The zero-order valence-corrected chi connectivity index (χ0v) is 20.5. The summed E-state index contributed by atoms with van der Waals surface area (Å²) >= 11 is 0. The summed E-state index contributed by atoms with van der Waals surface area (Å²) in [7, 11) is -2.19. The molecule has 10 heteroatoms. The molecule has 0 radical (unpaired) electrons. The number of piperazine rings is 1. The van der Waals surface area contributed by atoms with Gasteiger partial charge >= 0.3 is 0 Å². The normalized spacial score (nSPS) is 31.9. The highest BCUT2D eigenvalue weighted by Crippen LogP contribution is 2.48. The molecule has 7 atom stereocenters. The van der Waals surface area contributed by atoms with Crippen LogP contribution >= 0.6 is 0 Å². The van der Waals surface area contributed by atoms with E-state index in [0.717, 1.165) is 18.4 Å². The second-order valence-electron chi connectivity index (χ2n) is 10.2. The molecule has 9 nitrogen and oxygen atoms in total. The monoisotopic (exact) mass is 485 g/mol. The number of hydrogen-bond acceptors (Lipinski definition) is 6. The number of benzene rings is 1. The van der Waals surface area contributed by atoms with E-state index in [4.69, 9.17) is 0 Å². The number of rotatable bonds is 7. The van der Waals surface area contributed by atoms with Crippen molar-refractivity contribution in [2.24, 2.45) is 11.8 Å². The Kier molecular flexibility index (Phi) is 5.70. The van der Waals surface area contributed by atoms with E-state index in [1.807, 2.05) is 24.8 Å². The molecule has 182 valence electrons. The van der Waals surface area contributed by atoms with E-state index in [-0.39, 0.29) is 52.8 Å². The molecule has 0 spiro atoms. The van der Waals surface area contributed by atoms with Crippen LogP contribution in [0.25, 0.3) is 0 Å². The Bertz CT molecular complexity index is 1160. The van der Waals surface area contributed by atoms with Gasteiger partial charge in [0.15, 0.2) is 0 Å². The van der Waals surface area contributed by atoms with E-state index in [0.29, 0.717) is 25.4 Å². The Hall–Kier alpha value is -2.48. The molecule has 1 aromatic carbocycles. The first-order chi connectivity index (χ1) is 16.2. The van der Waals surface area contributed by atoms with Crippen LogP contribution < -0.4 is 4.72 Å². The van der Waals surface area contributed by atoms with E-state index in [9.17, 15) is 23.3 Å². The molecule has 4 aliphatic rings. The van der Waals surface area contributed by atoms with Crippen molar-refractivity contribution in [2.75, 3.05) is 20.1 Å². The average molecular weight is 486 g/mol. The Balaban J connectivity index is 1.25. The maximum atomic E-state index is 13.3. The number of nitrogens with one attached hydrogen (secondary N) is 1. The summed E-state index contributed by atoms with van der Waals surface area (Å²) < 4.78 is 26.7. The van der Waals surface area contributed by atoms with Gasteiger partial charge in [-0.05, 0) is 56.8 Å². The number of nitriles is 1. The van der Waals surface area contributed by atoms with E-state index < -0.39 is 10.0 Å². The Morgan fingerprint density at radius 2 is 2.03 bits per heavy atom. The van der Waals surface area contributed by atoms with Gasteiger partial charge in [-0.3, -0.25) is 14.5 Å². The molecule has 1 aliphatic carbocycles. The summed E-state index contributed by atoms with van der Waals surface area (Å²) in [6.45, 7) is 5.04. The van der Waals surface area contributed by atoms with Crippen LogP contribution in [-0.2, 0) is 19.6 Å². The van der Waals surface area contributed by atoms with Gasteiger partial charge < -0.3 is 9.80 Å². The van der Waals surface area contributed by atoms with Crippen molar-refractivity contribution in [1.82, 2.24) is 19.4 Å². The number of hydrogen-bond donors (Lipinski definition) is 1. The van der Waals surface area contributed by atoms with Crippen LogP contribution in [0.2, 0.25) is 0 Å². The third-order valence-corrected chi connectivity index (χ3v) is 9.50. The standard InChI is InChI=1S/C24H31N5O4S/c1-14(23(30)29-18(11-25)7-17-9-21(17)29)12-27-13-19-10-22(27)24(31)28(19)15(2)16-5-4-6-20(8-16)34(32,33)26-3/h4-6,8,14-15,17-19,21-22,26H,7,9-10,12-13H2,1-3H3/t14-,15-,17+,18-,19-,21?,22-/m0/s1. The minimum Gasteiger partial charge on any atom is -0.330 e. The molecule has 0 aromatic heterocycles. The van der Waals surface area contributed by atoms with Gasteiger partial charge in [0, 0.05) is 31.1 Å². The van der Waals surface area contributed by atoms with Crippen LogP contribution in [-0.4, -0.2) is 79.2 Å². The quantitative estimate of drug-likeness (QED) is 0.619. The van der Waals surface area contributed by atoms with Crippen LogP contribution in [0.5, 0.6) is 0 Å². The van der Waals surface area contributed by atoms with E-state index in [1.165, 1.54) is 7.05 Å². The molecule has 1 unspecified atom stereocenters. The summed E-state index contributed by atoms with van der Waals surface area (Å²) in [5, 5.41) is 9.42. The van der Waals surface area contributed by atoms with Crippen molar-refractivity contribution >= 4 is 21.8 Å². The van der Waals surface area contributed by atoms with Crippen LogP contribution in [0.1, 0.15) is 44.7 Å². The molecular formula is C24H31N5O4S. The number of nitrogens with zero attached hydrogens (tertiary/aromatic N) is 4. The van der Waals surface area contributed by atoms with E-state index in [2.05, 4.69) is 15.7 Å². The fourth-order valence-electron chi connectivity index (χ4n) is 6.19. The van der Waals surface area contributed by atoms with Gasteiger partial charge in [0.05, 0.1) is 23.0 Å². The second kappa shape index (κ2) is 8.33. The van der Waals surface area contributed by atoms with Crippen molar-refractivity contribution in [3.8, 4) is 6.07 Å². The molecule has 1 N–H and O–H groups in total. The van der Waals surface area contributed by atoms with Crippen molar-refractivity contribution in [2.45, 2.75) is 68.2 Å². The second-order valence-corrected chi connectivity index (χ2v) is 12.0. The summed E-state index contributed by atoms with van der Waals surface area (Å²) in [4.78, 5) is 32.4. The highest BCUT2D eigenvalue weighted by atomic mass is 32.2. The first-order valence-electron chi connectivity index (χ1n) is 12.0. The van der Waals surface area contributed by atoms with Gasteiger partial charge in [0.1, 0.15) is 6.04 Å². The number of likely N-dealkylation sites (tertiary alicyclic amines) is 3. The molecule has 2 bridgehead atoms. The van der Waals surface area contributed by atoms with Gasteiger partial charge in [0.25, 0.3) is 0 Å². The molecule has 3 saturated heterocycles. The number of fused-ring (bicyclic) bond motifs is 3. The van der Waals surface area contributed by atoms with Gasteiger partial charge in [-0.25, -0.2) is 13.1 Å². The van der Waals surface area contributed by atoms with Crippen LogP contribution in [0.3, 0.4) is 0 Å². The van der Waals surface area contributed by atoms with Crippen LogP contribution in [0.15, 0.2) is 29.2 Å². The minimum absolute atomic E-state index is 0.0274. The van der Waals surface area contributed by atoms with Gasteiger partial charge in [0.2, 0.25) is 21.8 Å². The van der Waals surface area contributed by atoms with E-state index >= 15 is 0 Å². The van der Waals surface area contributed by atoms with Crippen LogP contribution in [0, 0.1) is 23.2 Å². The molecule has 3 heterocycles. The number of sulfonamides is 1. The maximum Gasteiger partial charge on any atom is 0.240 e. The maximum absolute atomic E-state index is 13.3. The molecular weight excluding hydrogens is 454 g/mol. The van der Waals surface area contributed by atoms with Gasteiger partial charge in [-0.15, -0.1) is 0 Å². The lowest BCUT2D eigenvalue weighted by molar-refractivity contribution is -0.142. The lowest BCUT2D eigenvalue weighted by Crippen LogP contribution is -2.53. The fourth-order valence-corrected chi connectivity index (χ4v) is 6.98. The number of carbonyl (C=O) groups is 2. The predicted octanol–water partition coefficient (Wildman–Crippen LogP) is 1.09. The van der Waals surface area contributed by atoms with Crippen molar-refractivity contribution in [1.29, 1.82) is 5.26 Å². The first-order valence-corrected chi connectivity index (χ1v) is 13.5. The third kappa shape index (κ3) is 3.70. The topological polar surface area (TPSA) is 114 Å². The number of amides is 2. The van der Waals surface area contributed by atoms with Crippen LogP contribution in [0.4, 0.5) is 0 Å². The van der Waals surface area contributed by atoms with Gasteiger partial charge in [-0.1, -0.05) is 19.1 Å². The summed E-state index contributed by atoms with van der Waals surface area (Å²) in [6.07, 6.45) is 2.51. The average Bonchev–Trinajstić information content (AvgIpc) is 3.15. The third-order valence-electron chi connectivity index (χ3n) is 8.09. The highest BCUT2D eigenvalue weighted by Gasteiger charge is 2.55. The molecule has 4 fully saturated rings. The lowest BCUT2D eigenvalue weighted by atomic mass is 10.0. The smallest absolute Gasteiger partial charge is 0.240 e. The predicted molar refractivity (Wildman–Crippen MR) is 124 cm³/mol. The highest BCUT2D eigenvalue weighted by molar-refractivity contribution is 7.89. The summed E-state index contributed by atoms with van der Waals surface area (Å²) in [5.41, 5.74) is 0.780. The van der Waals surface area contributed by atoms with Crippen molar-refractivity contribution in [3.63, 3.8) is 0 Å². The Morgan fingerprint density at radius 3 is 2.71 bits per heavy atom. The lowest BCUT2D eigenvalue weighted by Gasteiger charge is -2.38. The zero-order chi connectivity index (χ0) is 24.4. The Labute approximate surface area is 200 Å². The molecule has 3 aliphatic heterocycles. The van der Waals surface area contributed by atoms with Gasteiger partial charge in [-0.2, -0.15) is 5.26 Å². The zero-order valence-electron chi connectivity index (χ0n) is 19.7. The number of piperidine rings is 1. The largest absolute Gasteiger partial charge is 0.330 e. The van der Waals surface area contributed by atoms with Crippen molar-refractivity contribution < 1.29 is 18.0 Å². The minimum atomic E-state index is -3.56. The molecule has 2 amide bonds. The number of carbonyl (C=O) groups excluding carboxylic acids is 2. The fraction of sp³-hybridized carbons (Fsp3) is 0.625. The summed E-state index contributed by atoms with van der Waals surface area (Å²) in [5.74, 6) is 0.279. The molecule has 5 rings (SSSR count).